The quantitative estimate of drug-likeness (QED) is 0.201. The summed E-state index contributed by atoms with van der Waals surface area (Å²) in [6.07, 6.45) is -3.58. The Morgan fingerprint density at radius 3 is 2.58 bits per heavy atom. The van der Waals surface area contributed by atoms with E-state index >= 15 is 0 Å². The molecular weight excluding hydrogens is 608 g/mol. The van der Waals surface area contributed by atoms with Crippen molar-refractivity contribution in [2.45, 2.75) is 58.0 Å². The molecule has 0 saturated carbocycles. The number of aromatic nitrogens is 2. The van der Waals surface area contributed by atoms with E-state index in [0.717, 1.165) is 24.6 Å². The Hall–Kier alpha value is -4.30. The number of carbonyl (C=O) groups is 1. The van der Waals surface area contributed by atoms with Gasteiger partial charge in [-0.1, -0.05) is 0 Å². The van der Waals surface area contributed by atoms with Gasteiger partial charge in [-0.15, -0.1) is 0 Å². The lowest BCUT2D eigenvalue weighted by Gasteiger charge is -2.31. The van der Waals surface area contributed by atoms with Gasteiger partial charge in [0.25, 0.3) is 0 Å². The Labute approximate surface area is 252 Å². The first kappa shape index (κ1) is 30.7. The molecule has 0 spiro atoms. The van der Waals surface area contributed by atoms with Crippen LogP contribution in [0.25, 0.3) is 11.0 Å². The van der Waals surface area contributed by atoms with Crippen molar-refractivity contribution in [2.24, 2.45) is 0 Å². The van der Waals surface area contributed by atoms with Crippen molar-refractivity contribution >= 4 is 17.0 Å². The molecule has 1 fully saturated rings. The Morgan fingerprint density at radius 1 is 1.11 bits per heavy atom. The summed E-state index contributed by atoms with van der Waals surface area (Å²) in [4.78, 5) is 18.4. The van der Waals surface area contributed by atoms with E-state index in [1.165, 1.54) is 12.1 Å². The molecule has 0 aliphatic carbocycles. The third-order valence-corrected chi connectivity index (χ3v) is 7.95. The molecule has 0 amide bonds. The number of alkyl halides is 5. The minimum atomic E-state index is -4.74. The maximum atomic E-state index is 14.5. The molecule has 6 rings (SSSR count). The minimum Gasteiger partial charge on any atom is -0.488 e. The Balaban J connectivity index is 1.24. The van der Waals surface area contributed by atoms with E-state index in [9.17, 15) is 36.2 Å². The number of nitrogens with zero attached hydrogens (tertiary/aromatic N) is 3. The van der Waals surface area contributed by atoms with Crippen LogP contribution in [0.15, 0.2) is 48.5 Å². The van der Waals surface area contributed by atoms with Crippen LogP contribution in [0.5, 0.6) is 11.5 Å². The van der Waals surface area contributed by atoms with Crippen molar-refractivity contribution in [1.29, 1.82) is 0 Å². The molecule has 0 radical (unpaired) electrons. The van der Waals surface area contributed by atoms with E-state index in [4.69, 9.17) is 14.5 Å². The molecular formula is C31H27F6N3O5. The molecule has 1 atom stereocenters. The number of ether oxygens (including phenoxy) is 3. The molecule has 4 aromatic rings. The van der Waals surface area contributed by atoms with Gasteiger partial charge < -0.3 is 23.9 Å². The number of hydrogen-bond acceptors (Lipinski definition) is 6. The SMILES string of the molecule is O=C(O)c1ccc2nc(CN3CCc4cc(C(F)(F)F)c(OCc5ccc(OC(F)F)cc5F)cc4C3)n(C[C@@H]3CCO3)c2c1. The molecule has 0 bridgehead atoms. The van der Waals surface area contributed by atoms with Crippen molar-refractivity contribution in [2.75, 3.05) is 13.2 Å². The van der Waals surface area contributed by atoms with Gasteiger partial charge in [0.1, 0.15) is 29.7 Å². The van der Waals surface area contributed by atoms with Crippen LogP contribution < -0.4 is 9.47 Å². The lowest BCUT2D eigenvalue weighted by atomic mass is 9.96. The predicted octanol–water partition coefficient (Wildman–Crippen LogP) is 6.42. The summed E-state index contributed by atoms with van der Waals surface area (Å²) < 4.78 is 98.6. The molecule has 1 N–H and O–H groups in total. The summed E-state index contributed by atoms with van der Waals surface area (Å²) in [5.74, 6) is -2.25. The third kappa shape index (κ3) is 6.71. The van der Waals surface area contributed by atoms with E-state index in [2.05, 4.69) is 4.74 Å². The Kier molecular flexibility index (Phi) is 8.35. The fraction of sp³-hybridized carbons (Fsp3) is 0.355. The van der Waals surface area contributed by atoms with E-state index in [0.29, 0.717) is 66.7 Å². The van der Waals surface area contributed by atoms with Gasteiger partial charge in [0.2, 0.25) is 0 Å². The van der Waals surface area contributed by atoms with Crippen LogP contribution in [-0.4, -0.2) is 51.4 Å². The largest absolute Gasteiger partial charge is 0.488 e. The standard InChI is InChI=1S/C31H27F6N3O5/c32-24-12-21(45-30(33)34)3-1-19(24)16-44-27-11-20-13-39(7-5-17(20)9-23(27)31(35,36)37)15-28-38-25-4-2-18(29(41)42)10-26(25)40(28)14-22-6-8-43-22/h1-4,9-12,22,30H,5-8,13-16H2,(H,41,42)/t22-/m0/s1. The Morgan fingerprint density at radius 2 is 1.91 bits per heavy atom. The van der Waals surface area contributed by atoms with Gasteiger partial charge >= 0.3 is 18.8 Å². The summed E-state index contributed by atoms with van der Waals surface area (Å²) in [6.45, 7) is -1.52. The van der Waals surface area contributed by atoms with Crippen molar-refractivity contribution in [3.05, 3.63) is 88.0 Å². The number of carboxylic acids is 1. The van der Waals surface area contributed by atoms with Crippen molar-refractivity contribution in [1.82, 2.24) is 14.5 Å². The fourth-order valence-corrected chi connectivity index (χ4v) is 5.56. The number of hydrogen-bond donors (Lipinski definition) is 1. The van der Waals surface area contributed by atoms with E-state index in [-0.39, 0.29) is 23.8 Å². The summed E-state index contributed by atoms with van der Waals surface area (Å²) in [5.41, 5.74) is 1.38. The van der Waals surface area contributed by atoms with Gasteiger partial charge in [0.15, 0.2) is 0 Å². The number of aromatic carboxylic acids is 1. The van der Waals surface area contributed by atoms with E-state index < -0.39 is 48.2 Å². The highest BCUT2D eigenvalue weighted by atomic mass is 19.4. The van der Waals surface area contributed by atoms with Gasteiger partial charge in [-0.05, 0) is 66.4 Å². The maximum absolute atomic E-state index is 14.5. The molecule has 45 heavy (non-hydrogen) atoms. The average molecular weight is 636 g/mol. The van der Waals surface area contributed by atoms with Crippen molar-refractivity contribution in [3.8, 4) is 11.5 Å². The highest BCUT2D eigenvalue weighted by Gasteiger charge is 2.36. The molecule has 2 aliphatic rings. The molecule has 14 heteroatoms. The van der Waals surface area contributed by atoms with E-state index in [1.807, 2.05) is 9.47 Å². The van der Waals surface area contributed by atoms with Gasteiger partial charge in [0.05, 0.1) is 41.4 Å². The molecule has 1 aromatic heterocycles. The second-order valence-corrected chi connectivity index (χ2v) is 10.9. The molecule has 3 aromatic carbocycles. The summed E-state index contributed by atoms with van der Waals surface area (Å²) in [7, 11) is 0. The monoisotopic (exact) mass is 635 g/mol. The summed E-state index contributed by atoms with van der Waals surface area (Å²) >= 11 is 0. The highest BCUT2D eigenvalue weighted by molar-refractivity contribution is 5.92. The lowest BCUT2D eigenvalue weighted by Crippen LogP contribution is -2.34. The first-order chi connectivity index (χ1) is 21.4. The van der Waals surface area contributed by atoms with Gasteiger partial charge in [0, 0.05) is 31.3 Å². The normalized spacial score (nSPS) is 16.9. The zero-order valence-electron chi connectivity index (χ0n) is 23.6. The number of rotatable bonds is 10. The van der Waals surface area contributed by atoms with Gasteiger partial charge in [-0.3, -0.25) is 4.90 Å². The second kappa shape index (κ2) is 12.2. The number of halogens is 6. The molecule has 0 unspecified atom stereocenters. The zero-order chi connectivity index (χ0) is 31.9. The number of imidazole rings is 1. The third-order valence-electron chi connectivity index (χ3n) is 7.95. The average Bonchev–Trinajstić information content (AvgIpc) is 3.28. The minimum absolute atomic E-state index is 0.0323. The summed E-state index contributed by atoms with van der Waals surface area (Å²) in [5, 5.41) is 9.49. The predicted molar refractivity (Wildman–Crippen MR) is 148 cm³/mol. The number of benzene rings is 3. The lowest BCUT2D eigenvalue weighted by molar-refractivity contribution is -0.139. The molecule has 8 nitrogen and oxygen atoms in total. The van der Waals surface area contributed by atoms with Crippen molar-refractivity contribution in [3.63, 3.8) is 0 Å². The summed E-state index contributed by atoms with van der Waals surface area (Å²) in [6, 6.07) is 9.97. The van der Waals surface area contributed by atoms with Crippen LogP contribution in [0.3, 0.4) is 0 Å². The molecule has 2 aliphatic heterocycles. The molecule has 1 saturated heterocycles. The van der Waals surface area contributed by atoms with Crippen LogP contribution >= 0.6 is 0 Å². The highest BCUT2D eigenvalue weighted by Crippen LogP contribution is 2.40. The molecule has 238 valence electrons. The topological polar surface area (TPSA) is 86.0 Å². The first-order valence-corrected chi connectivity index (χ1v) is 14.1. The van der Waals surface area contributed by atoms with Crippen LogP contribution in [0.1, 0.15) is 44.9 Å². The number of carboxylic acid groups (broad SMARTS) is 1. The van der Waals surface area contributed by atoms with Gasteiger partial charge in [-0.2, -0.15) is 22.0 Å². The van der Waals surface area contributed by atoms with Crippen LogP contribution in [0.4, 0.5) is 26.3 Å². The first-order valence-electron chi connectivity index (χ1n) is 14.1. The van der Waals surface area contributed by atoms with E-state index in [1.54, 1.807) is 12.1 Å². The fourth-order valence-electron chi connectivity index (χ4n) is 5.56. The van der Waals surface area contributed by atoms with Crippen LogP contribution in [0, 0.1) is 5.82 Å². The van der Waals surface area contributed by atoms with Crippen LogP contribution in [-0.2, 0) is 43.6 Å². The smallest absolute Gasteiger partial charge is 0.419 e. The second-order valence-electron chi connectivity index (χ2n) is 10.9. The molecule has 3 heterocycles. The van der Waals surface area contributed by atoms with Crippen LogP contribution in [0.2, 0.25) is 0 Å². The van der Waals surface area contributed by atoms with Gasteiger partial charge in [-0.25, -0.2) is 14.2 Å². The number of fused-ring (bicyclic) bond motifs is 2. The zero-order valence-corrected chi connectivity index (χ0v) is 23.6. The maximum Gasteiger partial charge on any atom is 0.419 e. The van der Waals surface area contributed by atoms with Crippen molar-refractivity contribution < 1.29 is 50.5 Å². The Bertz CT molecular complexity index is 1740.